The predicted octanol–water partition coefficient (Wildman–Crippen LogP) is 7.80. The Balaban J connectivity index is 1.83. The molecule has 1 aliphatic rings. The molecule has 1 fully saturated rings. The third-order valence-electron chi connectivity index (χ3n) is 6.03. The molecular weight excluding hydrogens is 342 g/mol. The summed E-state index contributed by atoms with van der Waals surface area (Å²) >= 11 is 0. The van der Waals surface area contributed by atoms with E-state index >= 15 is 0 Å². The van der Waals surface area contributed by atoms with E-state index in [1.807, 2.05) is 0 Å². The minimum Gasteiger partial charge on any atom is -0.490 e. The smallest absolute Gasteiger partial charge is 0.200 e. The molecule has 27 heavy (non-hydrogen) atoms. The molecule has 0 N–H and O–H groups in total. The first kappa shape index (κ1) is 21.9. The van der Waals surface area contributed by atoms with Crippen molar-refractivity contribution in [2.75, 3.05) is 6.61 Å². The first-order valence-electron chi connectivity index (χ1n) is 10.8. The molecule has 0 aromatic heterocycles. The molecule has 1 aromatic carbocycles. The standard InChI is InChI=1S/C24H36F2O/c1-4-6-17-27-22-16-15-21(23(25)24(22)26)20-13-11-19(12-14-20)10-7-9-18(3)8-5-2/h4,15-16,18-20H,1,5-14,17H2,2-3H3. The molecule has 1 unspecified atom stereocenters. The van der Waals surface area contributed by atoms with Crippen molar-refractivity contribution in [3.63, 3.8) is 0 Å². The highest BCUT2D eigenvalue weighted by molar-refractivity contribution is 5.33. The summed E-state index contributed by atoms with van der Waals surface area (Å²) in [6.45, 7) is 8.52. The number of hydrogen-bond acceptors (Lipinski definition) is 1. The average Bonchev–Trinajstić information content (AvgIpc) is 2.66. The van der Waals surface area contributed by atoms with Gasteiger partial charge in [-0.15, -0.1) is 6.58 Å². The number of hydrogen-bond donors (Lipinski definition) is 0. The number of rotatable bonds is 11. The van der Waals surface area contributed by atoms with Gasteiger partial charge in [-0.3, -0.25) is 0 Å². The van der Waals surface area contributed by atoms with Crippen LogP contribution >= 0.6 is 0 Å². The van der Waals surface area contributed by atoms with E-state index in [0.29, 0.717) is 18.6 Å². The van der Waals surface area contributed by atoms with E-state index in [-0.39, 0.29) is 11.7 Å². The van der Waals surface area contributed by atoms with E-state index in [1.54, 1.807) is 18.2 Å². The maximum absolute atomic E-state index is 14.5. The summed E-state index contributed by atoms with van der Waals surface area (Å²) in [5, 5.41) is 0. The van der Waals surface area contributed by atoms with Crippen LogP contribution < -0.4 is 4.74 Å². The monoisotopic (exact) mass is 378 g/mol. The van der Waals surface area contributed by atoms with Crippen LogP contribution in [0.3, 0.4) is 0 Å². The maximum atomic E-state index is 14.5. The van der Waals surface area contributed by atoms with E-state index in [4.69, 9.17) is 4.74 Å². The van der Waals surface area contributed by atoms with Gasteiger partial charge in [-0.1, -0.05) is 58.1 Å². The van der Waals surface area contributed by atoms with Gasteiger partial charge in [-0.2, -0.15) is 4.39 Å². The molecule has 0 bridgehead atoms. The fourth-order valence-corrected chi connectivity index (χ4v) is 4.38. The van der Waals surface area contributed by atoms with E-state index in [0.717, 1.165) is 37.5 Å². The molecular formula is C24H36F2O. The van der Waals surface area contributed by atoms with Gasteiger partial charge in [0.2, 0.25) is 5.82 Å². The van der Waals surface area contributed by atoms with Crippen molar-refractivity contribution in [3.05, 3.63) is 42.0 Å². The van der Waals surface area contributed by atoms with Crippen molar-refractivity contribution in [1.82, 2.24) is 0 Å². The van der Waals surface area contributed by atoms with Gasteiger partial charge in [0.15, 0.2) is 11.6 Å². The first-order valence-corrected chi connectivity index (χ1v) is 10.8. The second-order valence-corrected chi connectivity index (χ2v) is 8.25. The minimum atomic E-state index is -0.844. The zero-order chi connectivity index (χ0) is 19.6. The van der Waals surface area contributed by atoms with Crippen molar-refractivity contribution in [2.45, 2.75) is 84.0 Å². The lowest BCUT2D eigenvalue weighted by Gasteiger charge is -2.29. The lowest BCUT2D eigenvalue weighted by Crippen LogP contribution is -2.15. The summed E-state index contributed by atoms with van der Waals surface area (Å²) in [7, 11) is 0. The van der Waals surface area contributed by atoms with Crippen LogP contribution in [0.4, 0.5) is 8.78 Å². The fraction of sp³-hybridized carbons (Fsp3) is 0.667. The summed E-state index contributed by atoms with van der Waals surface area (Å²) in [5.74, 6) is 0.164. The molecule has 3 heteroatoms. The van der Waals surface area contributed by atoms with Gasteiger partial charge in [-0.25, -0.2) is 4.39 Å². The van der Waals surface area contributed by atoms with Crippen molar-refractivity contribution in [1.29, 1.82) is 0 Å². The van der Waals surface area contributed by atoms with Crippen LogP contribution in [0.15, 0.2) is 24.8 Å². The number of benzene rings is 1. The molecule has 0 spiro atoms. The summed E-state index contributed by atoms with van der Waals surface area (Å²) in [6.07, 6.45) is 13.0. The van der Waals surface area contributed by atoms with Gasteiger partial charge in [0.05, 0.1) is 6.61 Å². The third kappa shape index (κ3) is 6.62. The van der Waals surface area contributed by atoms with Crippen molar-refractivity contribution < 1.29 is 13.5 Å². The highest BCUT2D eigenvalue weighted by atomic mass is 19.2. The quantitative estimate of drug-likeness (QED) is 0.282. The lowest BCUT2D eigenvalue weighted by molar-refractivity contribution is 0.285. The molecule has 152 valence electrons. The Morgan fingerprint density at radius 2 is 1.89 bits per heavy atom. The van der Waals surface area contributed by atoms with Gasteiger partial charge in [-0.05, 0) is 61.5 Å². The first-order chi connectivity index (χ1) is 13.1. The normalized spacial score (nSPS) is 21.0. The molecule has 0 saturated heterocycles. The Morgan fingerprint density at radius 3 is 2.56 bits per heavy atom. The largest absolute Gasteiger partial charge is 0.490 e. The van der Waals surface area contributed by atoms with Crippen molar-refractivity contribution in [3.8, 4) is 5.75 Å². The van der Waals surface area contributed by atoms with Crippen molar-refractivity contribution in [2.24, 2.45) is 11.8 Å². The Bertz CT molecular complexity index is 576. The minimum absolute atomic E-state index is 0.00739. The van der Waals surface area contributed by atoms with Crippen LogP contribution in [0.2, 0.25) is 0 Å². The van der Waals surface area contributed by atoms with Crippen LogP contribution in [0.1, 0.15) is 89.5 Å². The van der Waals surface area contributed by atoms with E-state index in [9.17, 15) is 8.78 Å². The van der Waals surface area contributed by atoms with E-state index in [2.05, 4.69) is 20.4 Å². The molecule has 1 atom stereocenters. The van der Waals surface area contributed by atoms with Gasteiger partial charge >= 0.3 is 0 Å². The van der Waals surface area contributed by atoms with Gasteiger partial charge in [0.1, 0.15) is 0 Å². The number of halogens is 2. The van der Waals surface area contributed by atoms with Crippen LogP contribution in [0, 0.1) is 23.5 Å². The topological polar surface area (TPSA) is 9.23 Å². The van der Waals surface area contributed by atoms with Crippen LogP contribution in [0.25, 0.3) is 0 Å². The molecule has 1 saturated carbocycles. The summed E-state index contributed by atoms with van der Waals surface area (Å²) < 4.78 is 34.2. The second kappa shape index (κ2) is 11.5. The second-order valence-electron chi connectivity index (χ2n) is 8.25. The van der Waals surface area contributed by atoms with E-state index in [1.165, 1.54) is 32.1 Å². The van der Waals surface area contributed by atoms with Crippen LogP contribution in [0.5, 0.6) is 5.75 Å². The summed E-state index contributed by atoms with van der Waals surface area (Å²) in [4.78, 5) is 0. The lowest BCUT2D eigenvalue weighted by atomic mass is 9.76. The number of ether oxygens (including phenoxy) is 1. The highest BCUT2D eigenvalue weighted by Crippen LogP contribution is 2.40. The highest BCUT2D eigenvalue weighted by Gasteiger charge is 2.26. The predicted molar refractivity (Wildman–Crippen MR) is 109 cm³/mol. The zero-order valence-electron chi connectivity index (χ0n) is 17.1. The van der Waals surface area contributed by atoms with Gasteiger partial charge < -0.3 is 4.74 Å². The van der Waals surface area contributed by atoms with Gasteiger partial charge in [0.25, 0.3) is 0 Å². The molecule has 1 aromatic rings. The molecule has 0 aliphatic heterocycles. The molecule has 0 heterocycles. The molecule has 0 amide bonds. The Hall–Kier alpha value is -1.38. The zero-order valence-corrected chi connectivity index (χ0v) is 17.1. The molecule has 0 radical (unpaired) electrons. The molecule has 2 rings (SSSR count). The molecule has 1 aliphatic carbocycles. The third-order valence-corrected chi connectivity index (χ3v) is 6.03. The molecule has 1 nitrogen and oxygen atoms in total. The fourth-order valence-electron chi connectivity index (χ4n) is 4.38. The van der Waals surface area contributed by atoms with Gasteiger partial charge in [0, 0.05) is 0 Å². The Morgan fingerprint density at radius 1 is 1.15 bits per heavy atom. The van der Waals surface area contributed by atoms with Crippen LogP contribution in [-0.4, -0.2) is 6.61 Å². The maximum Gasteiger partial charge on any atom is 0.200 e. The Labute approximate surface area is 164 Å². The van der Waals surface area contributed by atoms with Crippen molar-refractivity contribution >= 4 is 0 Å². The average molecular weight is 379 g/mol. The van der Waals surface area contributed by atoms with E-state index < -0.39 is 11.6 Å². The summed E-state index contributed by atoms with van der Waals surface area (Å²) in [5.41, 5.74) is 0.526. The Kier molecular flexibility index (Phi) is 9.30. The van der Waals surface area contributed by atoms with Crippen LogP contribution in [-0.2, 0) is 0 Å². The summed E-state index contributed by atoms with van der Waals surface area (Å²) in [6, 6.07) is 3.30. The SMILES string of the molecule is C=CCCOc1ccc(C2CCC(CCCC(C)CCC)CC2)c(F)c1F.